The number of fused-ring (bicyclic) bond motifs is 2. The number of pyridine rings is 1. The third-order valence-corrected chi connectivity index (χ3v) is 6.81. The van der Waals surface area contributed by atoms with Gasteiger partial charge in [-0.25, -0.2) is 9.97 Å². The van der Waals surface area contributed by atoms with Crippen LogP contribution >= 0.6 is 10.0 Å². The number of carbonyl (C=O) groups excluding carboxylic acids is 1. The third-order valence-electron chi connectivity index (χ3n) is 6.09. The summed E-state index contributed by atoms with van der Waals surface area (Å²) in [4.78, 5) is 28.6. The van der Waals surface area contributed by atoms with Gasteiger partial charge in [-0.1, -0.05) is 30.2 Å². The van der Waals surface area contributed by atoms with Gasteiger partial charge in [0.25, 0.3) is 5.91 Å². The molecule has 3 aromatic rings. The van der Waals surface area contributed by atoms with Crippen LogP contribution in [0.15, 0.2) is 48.9 Å². The molecule has 1 N–H and O–H groups in total. The van der Waals surface area contributed by atoms with Crippen LogP contribution in [0.25, 0.3) is 0 Å². The van der Waals surface area contributed by atoms with E-state index in [-0.39, 0.29) is 5.91 Å². The summed E-state index contributed by atoms with van der Waals surface area (Å²) in [5.41, 5.74) is 6.16. The van der Waals surface area contributed by atoms with E-state index in [0.717, 1.165) is 29.7 Å². The summed E-state index contributed by atoms with van der Waals surface area (Å²) in [5, 5.41) is 6.78. The van der Waals surface area contributed by atoms with E-state index in [1.165, 1.54) is 11.1 Å². The Morgan fingerprint density at radius 1 is 1.09 bits per heavy atom. The summed E-state index contributed by atoms with van der Waals surface area (Å²) >= 11 is 0. The topological polar surface area (TPSA) is 71.0 Å². The molecule has 0 saturated heterocycles. The van der Waals surface area contributed by atoms with Gasteiger partial charge >= 0.3 is 0 Å². The summed E-state index contributed by atoms with van der Waals surface area (Å²) in [7, 11) is -0.938. The molecule has 0 saturated carbocycles. The quantitative estimate of drug-likeness (QED) is 0.591. The summed E-state index contributed by atoms with van der Waals surface area (Å²) in [6.45, 7) is 1.13. The average Bonchev–Trinajstić information content (AvgIpc) is 3.24. The van der Waals surface area contributed by atoms with Gasteiger partial charge in [0.2, 0.25) is 5.95 Å². The van der Waals surface area contributed by atoms with Crippen LogP contribution in [0.3, 0.4) is 0 Å². The lowest BCUT2D eigenvalue weighted by atomic mass is 10.1. The number of rotatable bonds is 3. The van der Waals surface area contributed by atoms with E-state index >= 15 is 0 Å². The number of nitrogens with zero attached hydrogens (tertiary/aromatic N) is 4. The summed E-state index contributed by atoms with van der Waals surface area (Å²) in [5.74, 6) is 3.81. The first-order valence-corrected chi connectivity index (χ1v) is 14.3. The highest BCUT2D eigenvalue weighted by molar-refractivity contribution is 8.35. The molecule has 2 aromatic heterocycles. The van der Waals surface area contributed by atoms with E-state index in [0.29, 0.717) is 37.1 Å². The van der Waals surface area contributed by atoms with Gasteiger partial charge in [-0.15, -0.1) is 0 Å². The predicted octanol–water partition coefficient (Wildman–Crippen LogP) is 3.65. The van der Waals surface area contributed by atoms with Gasteiger partial charge in [0, 0.05) is 55.3 Å². The van der Waals surface area contributed by atoms with Crippen molar-refractivity contribution in [2.24, 2.45) is 0 Å². The second-order valence-corrected chi connectivity index (χ2v) is 13.6. The number of carbonyl (C=O) groups is 1. The predicted molar refractivity (Wildman–Crippen MR) is 138 cm³/mol. The van der Waals surface area contributed by atoms with Crippen LogP contribution in [0.2, 0.25) is 0 Å². The summed E-state index contributed by atoms with van der Waals surface area (Å²) in [6, 6.07) is 10.7. The zero-order valence-electron chi connectivity index (χ0n) is 19.8. The highest BCUT2D eigenvalue weighted by Crippen LogP contribution is 2.32. The molecule has 7 heteroatoms. The number of aromatic nitrogens is 3. The second-order valence-electron chi connectivity index (χ2n) is 9.69. The highest BCUT2D eigenvalue weighted by Gasteiger charge is 2.25. The number of benzene rings is 1. The Morgan fingerprint density at radius 3 is 2.59 bits per heavy atom. The molecule has 3 heterocycles. The van der Waals surface area contributed by atoms with Crippen LogP contribution in [0.5, 0.6) is 0 Å². The van der Waals surface area contributed by atoms with Crippen molar-refractivity contribution in [2.45, 2.75) is 31.8 Å². The molecule has 34 heavy (non-hydrogen) atoms. The van der Waals surface area contributed by atoms with Crippen LogP contribution in [0, 0.1) is 11.2 Å². The van der Waals surface area contributed by atoms with Gasteiger partial charge in [-0.3, -0.25) is 9.78 Å². The first-order valence-electron chi connectivity index (χ1n) is 11.5. The highest BCUT2D eigenvalue weighted by atomic mass is 32.3. The Hall–Kier alpha value is -3.37. The molecule has 6 nitrogen and oxygen atoms in total. The van der Waals surface area contributed by atoms with Crippen LogP contribution in [0.4, 0.5) is 5.95 Å². The number of amides is 1. The maximum absolute atomic E-state index is 13.2. The molecule has 0 fully saturated rings. The molecule has 1 aliphatic heterocycles. The van der Waals surface area contributed by atoms with Gasteiger partial charge in [0.05, 0.1) is 11.3 Å². The van der Waals surface area contributed by atoms with Crippen molar-refractivity contribution in [2.75, 3.05) is 30.6 Å². The van der Waals surface area contributed by atoms with Gasteiger partial charge < -0.3 is 10.2 Å². The number of hydrogen-bond donors (Lipinski definition) is 1. The van der Waals surface area contributed by atoms with Crippen molar-refractivity contribution in [3.05, 3.63) is 82.4 Å². The van der Waals surface area contributed by atoms with Crippen LogP contribution in [-0.4, -0.2) is 57.1 Å². The van der Waals surface area contributed by atoms with Gasteiger partial charge in [0.1, 0.15) is 0 Å². The molecule has 1 aromatic carbocycles. The zero-order chi connectivity index (χ0) is 23.7. The maximum Gasteiger partial charge on any atom is 0.255 e. The lowest BCUT2D eigenvalue weighted by Crippen LogP contribution is -2.36. The minimum atomic E-state index is -0.938. The van der Waals surface area contributed by atoms with Crippen LogP contribution in [-0.2, 0) is 25.8 Å². The molecule has 0 bridgehead atoms. The third kappa shape index (κ3) is 5.07. The van der Waals surface area contributed by atoms with Crippen molar-refractivity contribution in [3.63, 3.8) is 0 Å². The fourth-order valence-corrected chi connectivity index (χ4v) is 4.85. The van der Waals surface area contributed by atoms with Crippen LogP contribution in [0.1, 0.15) is 38.3 Å². The fraction of sp³-hybridized carbons (Fsp3) is 0.333. The first-order chi connectivity index (χ1) is 16.3. The van der Waals surface area contributed by atoms with Crippen molar-refractivity contribution < 1.29 is 4.79 Å². The van der Waals surface area contributed by atoms with E-state index in [4.69, 9.17) is 4.98 Å². The molecule has 5 rings (SSSR count). The van der Waals surface area contributed by atoms with Crippen molar-refractivity contribution in [1.82, 2.24) is 19.9 Å². The lowest BCUT2D eigenvalue weighted by molar-refractivity contribution is 0.0733. The molecule has 0 spiro atoms. The summed E-state index contributed by atoms with van der Waals surface area (Å²) in [6.07, 6.45) is 14.3. The van der Waals surface area contributed by atoms with E-state index in [2.05, 4.69) is 69.5 Å². The first kappa shape index (κ1) is 22.4. The summed E-state index contributed by atoms with van der Waals surface area (Å²) < 4.78 is 0. The molecular weight excluding hydrogens is 442 g/mol. The molecule has 1 aliphatic carbocycles. The smallest absolute Gasteiger partial charge is 0.255 e. The van der Waals surface area contributed by atoms with E-state index in [1.807, 2.05) is 17.2 Å². The largest absolute Gasteiger partial charge is 0.351 e. The second kappa shape index (κ2) is 9.11. The van der Waals surface area contributed by atoms with E-state index in [1.54, 1.807) is 12.4 Å². The van der Waals surface area contributed by atoms with E-state index in [9.17, 15) is 4.79 Å². The maximum atomic E-state index is 13.2. The van der Waals surface area contributed by atoms with Gasteiger partial charge in [0.15, 0.2) is 0 Å². The normalized spacial score (nSPS) is 15.7. The minimum Gasteiger partial charge on any atom is -0.351 e. The Kier molecular flexibility index (Phi) is 6.01. The van der Waals surface area contributed by atoms with Crippen molar-refractivity contribution in [1.29, 1.82) is 0 Å². The minimum absolute atomic E-state index is 0.0316. The average molecular weight is 472 g/mol. The lowest BCUT2D eigenvalue weighted by Gasteiger charge is -2.28. The van der Waals surface area contributed by atoms with E-state index < -0.39 is 10.0 Å². The molecule has 2 aliphatic rings. The molecule has 0 radical (unpaired) electrons. The number of hydrogen-bond acceptors (Lipinski definition) is 5. The molecule has 0 unspecified atom stereocenters. The van der Waals surface area contributed by atoms with Gasteiger partial charge in [-0.05, 0) is 54.1 Å². The Labute approximate surface area is 202 Å². The molecule has 0 atom stereocenters. The number of nitrogens with one attached hydrogen (secondary N) is 1. The standard InChI is InChI=1S/C27H29N5OS/c1-34(2,3)11-9-19-12-22(16-28-15-19)26(33)32-10-8-25-23(18-32)17-29-27(31-25)30-24-13-20-6-4-5-7-21(20)14-24/h4-7,12,15-17,24H,8,10,13-14,18H2,1-3H3,(H,29,30,31). The van der Waals surface area contributed by atoms with Crippen molar-refractivity contribution >= 4 is 21.9 Å². The molecular formula is C27H29N5OS. The molecule has 174 valence electrons. The van der Waals surface area contributed by atoms with Crippen LogP contribution < -0.4 is 5.32 Å². The molecule has 1 amide bonds. The zero-order valence-corrected chi connectivity index (χ0v) is 20.7. The van der Waals surface area contributed by atoms with Crippen molar-refractivity contribution in [3.8, 4) is 11.2 Å². The monoisotopic (exact) mass is 471 g/mol. The Bertz CT molecular complexity index is 1280. The SMILES string of the molecule is CS(C)(C)C#Cc1cncc(C(=O)N2CCc3nc(NC4Cc5ccccc5C4)ncc3C2)c1. The fourth-order valence-electron chi connectivity index (χ4n) is 4.42. The Morgan fingerprint density at radius 2 is 1.85 bits per heavy atom. The Balaban J connectivity index is 1.25. The number of anilines is 1. The van der Waals surface area contributed by atoms with Gasteiger partial charge in [-0.2, -0.15) is 10.0 Å².